The number of carbonyl (C=O) groups is 1. The van der Waals surface area contributed by atoms with E-state index >= 15 is 0 Å². The summed E-state index contributed by atoms with van der Waals surface area (Å²) < 4.78 is 5.95. The summed E-state index contributed by atoms with van der Waals surface area (Å²) in [6.45, 7) is 7.12. The van der Waals surface area contributed by atoms with Crippen molar-refractivity contribution in [1.29, 1.82) is 0 Å². The van der Waals surface area contributed by atoms with Crippen molar-refractivity contribution in [3.8, 4) is 0 Å². The molecule has 1 aromatic carbocycles. The lowest BCUT2D eigenvalue weighted by atomic mass is 9.98. The summed E-state index contributed by atoms with van der Waals surface area (Å²) >= 11 is 0. The molecule has 21 heavy (non-hydrogen) atoms. The van der Waals surface area contributed by atoms with Crippen LogP contribution in [0.25, 0.3) is 0 Å². The maximum atomic E-state index is 12.4. The molecule has 0 radical (unpaired) electrons. The van der Waals surface area contributed by atoms with Gasteiger partial charge >= 0.3 is 0 Å². The highest BCUT2D eigenvalue weighted by molar-refractivity contribution is 5.88. The third kappa shape index (κ3) is 3.82. The summed E-state index contributed by atoms with van der Waals surface area (Å²) in [5.74, 6) is 0.0299. The molecule has 1 aromatic rings. The molecule has 1 fully saturated rings. The monoisotopic (exact) mass is 285 g/mol. The second-order valence-corrected chi connectivity index (χ2v) is 5.86. The van der Waals surface area contributed by atoms with Crippen LogP contribution < -0.4 is 0 Å². The number of nitrogens with zero attached hydrogens (tertiary/aromatic N) is 1. The molecule has 1 amide bonds. The zero-order chi connectivity index (χ0) is 15.3. The van der Waals surface area contributed by atoms with Gasteiger partial charge in [0.05, 0.1) is 18.7 Å². The van der Waals surface area contributed by atoms with Crippen LogP contribution in [0, 0.1) is 0 Å². The van der Waals surface area contributed by atoms with E-state index in [-0.39, 0.29) is 17.6 Å². The molecule has 1 heterocycles. The number of ether oxygens (including phenoxy) is 1. The van der Waals surface area contributed by atoms with Gasteiger partial charge in [-0.25, -0.2) is 0 Å². The Labute approximate surface area is 126 Å². The van der Waals surface area contributed by atoms with Gasteiger partial charge in [0.2, 0.25) is 5.91 Å². The van der Waals surface area contributed by atoms with Gasteiger partial charge in [0.25, 0.3) is 0 Å². The average molecular weight is 285 g/mol. The predicted molar refractivity (Wildman–Crippen MR) is 84.9 cm³/mol. The molecule has 2 rings (SSSR count). The van der Waals surface area contributed by atoms with Crippen molar-refractivity contribution in [1.82, 2.24) is 4.90 Å². The molecule has 1 aliphatic rings. The number of hydrogen-bond donors (Lipinski definition) is 0. The lowest BCUT2D eigenvalue weighted by Crippen LogP contribution is -2.55. The van der Waals surface area contributed by atoms with Crippen LogP contribution in [0.3, 0.4) is 0 Å². The summed E-state index contributed by atoms with van der Waals surface area (Å²) in [6.07, 6.45) is 7.11. The Morgan fingerprint density at radius 2 is 2.00 bits per heavy atom. The highest BCUT2D eigenvalue weighted by Gasteiger charge is 2.37. The van der Waals surface area contributed by atoms with E-state index in [4.69, 9.17) is 4.74 Å². The van der Waals surface area contributed by atoms with E-state index in [1.54, 1.807) is 12.2 Å². The Balaban J connectivity index is 2.15. The molecule has 1 saturated heterocycles. The van der Waals surface area contributed by atoms with Gasteiger partial charge in [0.15, 0.2) is 0 Å². The van der Waals surface area contributed by atoms with Gasteiger partial charge in [-0.15, -0.1) is 0 Å². The smallest absolute Gasteiger partial charge is 0.247 e. The van der Waals surface area contributed by atoms with Crippen LogP contribution in [0.15, 0.2) is 54.6 Å². The van der Waals surface area contributed by atoms with Gasteiger partial charge in [-0.05, 0) is 26.3 Å². The molecule has 1 unspecified atom stereocenters. The van der Waals surface area contributed by atoms with E-state index < -0.39 is 0 Å². The number of morpholine rings is 1. The quantitative estimate of drug-likeness (QED) is 0.628. The fourth-order valence-corrected chi connectivity index (χ4v) is 2.44. The van der Waals surface area contributed by atoms with Gasteiger partial charge in [-0.2, -0.15) is 0 Å². The van der Waals surface area contributed by atoms with E-state index in [1.807, 2.05) is 68.2 Å². The summed E-state index contributed by atoms with van der Waals surface area (Å²) in [6, 6.07) is 10.1. The summed E-state index contributed by atoms with van der Waals surface area (Å²) in [4.78, 5) is 14.3. The van der Waals surface area contributed by atoms with Crippen molar-refractivity contribution in [3.05, 3.63) is 60.2 Å². The standard InChI is InChI=1S/C18H23NO2/c1-4-5-7-12-17(20)19-13-16(21-14-18(19,2)3)15-10-8-6-9-11-15/h4-12,16H,13-14H2,1-3H3/b5-4+,12-7+. The molecular weight excluding hydrogens is 262 g/mol. The molecular formula is C18H23NO2. The topological polar surface area (TPSA) is 29.5 Å². The van der Waals surface area contributed by atoms with Gasteiger partial charge in [-0.3, -0.25) is 4.79 Å². The highest BCUT2D eigenvalue weighted by atomic mass is 16.5. The number of amides is 1. The first kappa shape index (κ1) is 15.5. The van der Waals surface area contributed by atoms with Crippen LogP contribution in [-0.4, -0.2) is 29.5 Å². The average Bonchev–Trinajstić information content (AvgIpc) is 2.48. The maximum absolute atomic E-state index is 12.4. The SMILES string of the molecule is C/C=C/C=C/C(=O)N1CC(c2ccccc2)OCC1(C)C. The summed E-state index contributed by atoms with van der Waals surface area (Å²) in [7, 11) is 0. The van der Waals surface area contributed by atoms with Gasteiger partial charge in [0.1, 0.15) is 6.10 Å². The van der Waals surface area contributed by atoms with Crippen LogP contribution in [0.5, 0.6) is 0 Å². The minimum Gasteiger partial charge on any atom is -0.369 e. The van der Waals surface area contributed by atoms with E-state index in [9.17, 15) is 4.79 Å². The molecule has 1 atom stereocenters. The molecule has 1 aliphatic heterocycles. The van der Waals surface area contributed by atoms with Crippen molar-refractivity contribution in [2.75, 3.05) is 13.2 Å². The lowest BCUT2D eigenvalue weighted by Gasteiger charge is -2.45. The lowest BCUT2D eigenvalue weighted by molar-refractivity contribution is -0.149. The third-order valence-corrected chi connectivity index (χ3v) is 3.70. The van der Waals surface area contributed by atoms with Crippen LogP contribution in [0.4, 0.5) is 0 Å². The first-order chi connectivity index (χ1) is 10.0. The van der Waals surface area contributed by atoms with Crippen LogP contribution in [0.2, 0.25) is 0 Å². The molecule has 3 nitrogen and oxygen atoms in total. The fourth-order valence-electron chi connectivity index (χ4n) is 2.44. The molecule has 112 valence electrons. The Kier molecular flexibility index (Phi) is 4.97. The van der Waals surface area contributed by atoms with E-state index in [2.05, 4.69) is 0 Å². The van der Waals surface area contributed by atoms with Crippen molar-refractivity contribution < 1.29 is 9.53 Å². The van der Waals surface area contributed by atoms with E-state index in [0.717, 1.165) is 5.56 Å². The number of rotatable bonds is 3. The molecule has 0 spiro atoms. The minimum atomic E-state index is -0.289. The summed E-state index contributed by atoms with van der Waals surface area (Å²) in [5, 5.41) is 0. The molecule has 0 aromatic heterocycles. The zero-order valence-corrected chi connectivity index (χ0v) is 13.0. The van der Waals surface area contributed by atoms with Crippen molar-refractivity contribution >= 4 is 5.91 Å². The van der Waals surface area contributed by atoms with Crippen LogP contribution in [-0.2, 0) is 9.53 Å². The Hall–Kier alpha value is -1.87. The fraction of sp³-hybridized carbons (Fsp3) is 0.389. The third-order valence-electron chi connectivity index (χ3n) is 3.70. The Bertz CT molecular complexity index is 531. The maximum Gasteiger partial charge on any atom is 0.247 e. The number of carbonyl (C=O) groups excluding carboxylic acids is 1. The largest absolute Gasteiger partial charge is 0.369 e. The molecule has 3 heteroatoms. The Morgan fingerprint density at radius 1 is 1.29 bits per heavy atom. The minimum absolute atomic E-state index is 0.0299. The van der Waals surface area contributed by atoms with E-state index in [1.165, 1.54) is 0 Å². The van der Waals surface area contributed by atoms with Crippen molar-refractivity contribution in [2.24, 2.45) is 0 Å². The van der Waals surface area contributed by atoms with Gasteiger partial charge in [-0.1, -0.05) is 48.6 Å². The van der Waals surface area contributed by atoms with Gasteiger partial charge in [0, 0.05) is 6.08 Å². The molecule has 0 bridgehead atoms. The first-order valence-electron chi connectivity index (χ1n) is 7.32. The van der Waals surface area contributed by atoms with E-state index in [0.29, 0.717) is 13.2 Å². The predicted octanol–water partition coefficient (Wildman–Crippen LogP) is 3.50. The second-order valence-electron chi connectivity index (χ2n) is 5.86. The normalized spacial score (nSPS) is 22.0. The number of allylic oxidation sites excluding steroid dienone is 3. The molecule has 0 aliphatic carbocycles. The number of hydrogen-bond acceptors (Lipinski definition) is 2. The molecule has 0 N–H and O–H groups in total. The van der Waals surface area contributed by atoms with Crippen LogP contribution >= 0.6 is 0 Å². The zero-order valence-electron chi connectivity index (χ0n) is 13.0. The second kappa shape index (κ2) is 6.72. The van der Waals surface area contributed by atoms with Gasteiger partial charge < -0.3 is 9.64 Å². The van der Waals surface area contributed by atoms with Crippen LogP contribution in [0.1, 0.15) is 32.4 Å². The first-order valence-corrected chi connectivity index (χ1v) is 7.32. The summed E-state index contributed by atoms with van der Waals surface area (Å²) in [5.41, 5.74) is 0.825. The Morgan fingerprint density at radius 3 is 2.67 bits per heavy atom. The van der Waals surface area contributed by atoms with Crippen molar-refractivity contribution in [2.45, 2.75) is 32.4 Å². The highest BCUT2D eigenvalue weighted by Crippen LogP contribution is 2.30. The van der Waals surface area contributed by atoms with Crippen molar-refractivity contribution in [3.63, 3.8) is 0 Å². The molecule has 0 saturated carbocycles. The number of benzene rings is 1.